The highest BCUT2D eigenvalue weighted by molar-refractivity contribution is 7.16. The first-order valence-corrected chi connectivity index (χ1v) is 9.57. The van der Waals surface area contributed by atoms with Crippen molar-refractivity contribution in [3.05, 3.63) is 28.6 Å². The number of aromatic nitrogens is 1. The van der Waals surface area contributed by atoms with Crippen LogP contribution in [0.2, 0.25) is 0 Å². The van der Waals surface area contributed by atoms with Crippen molar-refractivity contribution < 1.29 is 19.1 Å². The van der Waals surface area contributed by atoms with Crippen molar-refractivity contribution in [3.63, 3.8) is 0 Å². The number of amides is 1. The Morgan fingerprint density at radius 3 is 2.54 bits per heavy atom. The molecule has 26 heavy (non-hydrogen) atoms. The van der Waals surface area contributed by atoms with E-state index in [1.54, 1.807) is 19.1 Å². The first-order chi connectivity index (χ1) is 12.3. The quantitative estimate of drug-likeness (QED) is 0.571. The lowest BCUT2D eigenvalue weighted by Crippen LogP contribution is -2.24. The summed E-state index contributed by atoms with van der Waals surface area (Å²) in [6.45, 7) is 11.3. The second kappa shape index (κ2) is 8.60. The minimum Gasteiger partial charge on any atom is -0.462 e. The molecule has 142 valence electrons. The summed E-state index contributed by atoms with van der Waals surface area (Å²) in [7, 11) is 0. The molecule has 0 radical (unpaired) electrons. The fourth-order valence-electron chi connectivity index (χ4n) is 2.27. The molecule has 2 aromatic rings. The number of hydrogen-bond donors (Lipinski definition) is 0. The van der Waals surface area contributed by atoms with Gasteiger partial charge < -0.3 is 14.0 Å². The summed E-state index contributed by atoms with van der Waals surface area (Å²) in [6, 6.07) is 5.39. The first kappa shape index (κ1) is 20.3. The van der Waals surface area contributed by atoms with E-state index in [1.807, 2.05) is 38.3 Å². The second-order valence-electron chi connectivity index (χ2n) is 6.80. The highest BCUT2D eigenvalue weighted by atomic mass is 32.1. The third-order valence-electron chi connectivity index (χ3n) is 3.70. The van der Waals surface area contributed by atoms with Gasteiger partial charge >= 0.3 is 5.97 Å². The molecule has 0 saturated carbocycles. The van der Waals surface area contributed by atoms with Crippen LogP contribution in [0.4, 0.5) is 0 Å². The Hall–Kier alpha value is -1.99. The third kappa shape index (κ3) is 4.80. The van der Waals surface area contributed by atoms with Crippen molar-refractivity contribution >= 4 is 33.4 Å². The summed E-state index contributed by atoms with van der Waals surface area (Å²) >= 11 is 1.39. The zero-order valence-electron chi connectivity index (χ0n) is 16.0. The molecule has 0 saturated heterocycles. The van der Waals surface area contributed by atoms with Crippen molar-refractivity contribution in [3.8, 4) is 0 Å². The Balaban J connectivity index is 2.54. The van der Waals surface area contributed by atoms with E-state index in [0.29, 0.717) is 36.7 Å². The zero-order valence-corrected chi connectivity index (χ0v) is 16.8. The van der Waals surface area contributed by atoms with Crippen LogP contribution in [0.1, 0.15) is 45.0 Å². The molecular weight excluding hydrogens is 352 g/mol. The molecule has 6 nitrogen and oxygen atoms in total. The van der Waals surface area contributed by atoms with E-state index in [1.165, 1.54) is 11.3 Å². The number of thiazole rings is 1. The Bertz CT molecular complexity index is 859. The van der Waals surface area contributed by atoms with Gasteiger partial charge in [-0.3, -0.25) is 4.79 Å². The van der Waals surface area contributed by atoms with Crippen molar-refractivity contribution in [2.24, 2.45) is 10.4 Å². The molecule has 0 N–H and O–H groups in total. The molecule has 1 heterocycles. The van der Waals surface area contributed by atoms with Crippen LogP contribution in [0.15, 0.2) is 23.2 Å². The minimum atomic E-state index is -0.552. The van der Waals surface area contributed by atoms with E-state index in [4.69, 9.17) is 9.47 Å². The fraction of sp³-hybridized carbons (Fsp3) is 0.526. The number of ether oxygens (including phenoxy) is 2. The molecule has 0 aliphatic carbocycles. The molecule has 1 aromatic heterocycles. The van der Waals surface area contributed by atoms with Crippen molar-refractivity contribution in [2.45, 2.75) is 41.2 Å². The van der Waals surface area contributed by atoms with Gasteiger partial charge in [-0.05, 0) is 32.0 Å². The van der Waals surface area contributed by atoms with Crippen molar-refractivity contribution in [1.29, 1.82) is 0 Å². The SMILES string of the molecule is CCOCCn1c(=NC(=O)C(C)(C)C)sc2cc(C(=O)OCC)ccc21. The summed E-state index contributed by atoms with van der Waals surface area (Å²) in [5, 5.41) is 0. The number of hydrogen-bond acceptors (Lipinski definition) is 5. The van der Waals surface area contributed by atoms with Gasteiger partial charge in [-0.15, -0.1) is 0 Å². The highest BCUT2D eigenvalue weighted by Gasteiger charge is 2.21. The Kier molecular flexibility index (Phi) is 6.72. The Morgan fingerprint density at radius 1 is 1.19 bits per heavy atom. The van der Waals surface area contributed by atoms with Gasteiger partial charge in [0.25, 0.3) is 5.91 Å². The monoisotopic (exact) mass is 378 g/mol. The molecule has 1 amide bonds. The summed E-state index contributed by atoms with van der Waals surface area (Å²) in [6.07, 6.45) is 0. The molecular formula is C19H26N2O4S. The number of benzene rings is 1. The van der Waals surface area contributed by atoms with Crippen LogP contribution >= 0.6 is 11.3 Å². The van der Waals surface area contributed by atoms with Crippen LogP contribution in [0.25, 0.3) is 10.2 Å². The average molecular weight is 378 g/mol. The molecule has 0 aliphatic heterocycles. The maximum atomic E-state index is 12.4. The topological polar surface area (TPSA) is 69.9 Å². The lowest BCUT2D eigenvalue weighted by atomic mass is 9.96. The fourth-order valence-corrected chi connectivity index (χ4v) is 3.36. The van der Waals surface area contributed by atoms with Gasteiger partial charge in [-0.1, -0.05) is 32.1 Å². The molecule has 1 aromatic carbocycles. The van der Waals surface area contributed by atoms with Crippen LogP contribution in [0.3, 0.4) is 0 Å². The normalized spacial score (nSPS) is 12.6. The largest absolute Gasteiger partial charge is 0.462 e. The van der Waals surface area contributed by atoms with E-state index < -0.39 is 5.41 Å². The zero-order chi connectivity index (χ0) is 19.3. The molecule has 0 fully saturated rings. The number of carbonyl (C=O) groups is 2. The van der Waals surface area contributed by atoms with Crippen LogP contribution in [-0.2, 0) is 20.8 Å². The predicted molar refractivity (Wildman–Crippen MR) is 102 cm³/mol. The number of rotatable bonds is 6. The van der Waals surface area contributed by atoms with Crippen LogP contribution in [0, 0.1) is 5.41 Å². The van der Waals surface area contributed by atoms with Gasteiger partial charge in [-0.2, -0.15) is 4.99 Å². The van der Waals surface area contributed by atoms with Crippen LogP contribution in [-0.4, -0.2) is 36.3 Å². The summed E-state index contributed by atoms with van der Waals surface area (Å²) in [4.78, 5) is 29.3. The molecule has 7 heteroatoms. The van der Waals surface area contributed by atoms with Crippen molar-refractivity contribution in [1.82, 2.24) is 4.57 Å². The van der Waals surface area contributed by atoms with Gasteiger partial charge in [0.1, 0.15) is 0 Å². The average Bonchev–Trinajstić information content (AvgIpc) is 2.91. The Labute approximate surface area is 157 Å². The summed E-state index contributed by atoms with van der Waals surface area (Å²) in [5.74, 6) is -0.534. The number of nitrogens with zero attached hydrogens (tertiary/aromatic N) is 2. The predicted octanol–water partition coefficient (Wildman–Crippen LogP) is 3.39. The second-order valence-corrected chi connectivity index (χ2v) is 7.81. The van der Waals surface area contributed by atoms with Crippen molar-refractivity contribution in [2.75, 3.05) is 19.8 Å². The minimum absolute atomic E-state index is 0.181. The van der Waals surface area contributed by atoms with E-state index in [0.717, 1.165) is 10.2 Å². The van der Waals surface area contributed by atoms with Gasteiger partial charge in [0.15, 0.2) is 4.80 Å². The highest BCUT2D eigenvalue weighted by Crippen LogP contribution is 2.21. The molecule has 0 atom stereocenters. The number of fused-ring (bicyclic) bond motifs is 1. The lowest BCUT2D eigenvalue weighted by Gasteiger charge is -2.12. The van der Waals surface area contributed by atoms with Crippen LogP contribution in [0.5, 0.6) is 0 Å². The smallest absolute Gasteiger partial charge is 0.338 e. The Morgan fingerprint density at radius 2 is 1.92 bits per heavy atom. The summed E-state index contributed by atoms with van der Waals surface area (Å²) in [5.41, 5.74) is 0.860. The summed E-state index contributed by atoms with van der Waals surface area (Å²) < 4.78 is 13.4. The van der Waals surface area contributed by atoms with E-state index in [-0.39, 0.29) is 11.9 Å². The van der Waals surface area contributed by atoms with Crippen LogP contribution < -0.4 is 4.80 Å². The van der Waals surface area contributed by atoms with E-state index >= 15 is 0 Å². The molecule has 0 aliphatic rings. The third-order valence-corrected chi connectivity index (χ3v) is 4.74. The number of esters is 1. The lowest BCUT2D eigenvalue weighted by molar-refractivity contribution is -0.125. The first-order valence-electron chi connectivity index (χ1n) is 8.75. The molecule has 0 unspecified atom stereocenters. The molecule has 0 bridgehead atoms. The molecule has 0 spiro atoms. The van der Waals surface area contributed by atoms with Gasteiger partial charge in [0, 0.05) is 18.6 Å². The number of carbonyl (C=O) groups excluding carboxylic acids is 2. The standard InChI is InChI=1S/C19H26N2O4S/c1-6-24-11-10-21-14-9-8-13(16(22)25-7-2)12-15(14)26-18(21)20-17(23)19(3,4)5/h8-9,12H,6-7,10-11H2,1-5H3. The maximum Gasteiger partial charge on any atom is 0.338 e. The van der Waals surface area contributed by atoms with E-state index in [2.05, 4.69) is 4.99 Å². The van der Waals surface area contributed by atoms with Gasteiger partial charge in [0.05, 0.1) is 29.0 Å². The molecule has 2 rings (SSSR count). The maximum absolute atomic E-state index is 12.4. The van der Waals surface area contributed by atoms with Gasteiger partial charge in [-0.25, -0.2) is 4.79 Å². The van der Waals surface area contributed by atoms with E-state index in [9.17, 15) is 9.59 Å². The van der Waals surface area contributed by atoms with Gasteiger partial charge in [0.2, 0.25) is 0 Å².